The molecule has 0 atom stereocenters. The summed E-state index contributed by atoms with van der Waals surface area (Å²) in [6, 6.07) is 8.44. The molecule has 0 saturated heterocycles. The summed E-state index contributed by atoms with van der Waals surface area (Å²) < 4.78 is 0. The van der Waals surface area contributed by atoms with Gasteiger partial charge in [0.2, 0.25) is 0 Å². The zero-order valence-corrected chi connectivity index (χ0v) is 12.1. The number of ketones is 1. The van der Waals surface area contributed by atoms with Crippen molar-refractivity contribution in [2.24, 2.45) is 0 Å². The van der Waals surface area contributed by atoms with Gasteiger partial charge < -0.3 is 4.90 Å². The Hall–Kier alpha value is -2.00. The molecule has 1 aromatic carbocycles. The van der Waals surface area contributed by atoms with Gasteiger partial charge in [-0.05, 0) is 42.9 Å². The molecule has 0 radical (unpaired) electrons. The molecule has 0 spiro atoms. The van der Waals surface area contributed by atoms with E-state index in [0.717, 1.165) is 12.1 Å². The number of carbonyl (C=O) groups excluding carboxylic acids is 1. The SMILES string of the molecule is CCN1/C(=C\C=C2C=CC(=O)C=C2)Sc2ccccc21. The van der Waals surface area contributed by atoms with Crippen molar-refractivity contribution < 1.29 is 4.79 Å². The van der Waals surface area contributed by atoms with Crippen LogP contribution >= 0.6 is 11.8 Å². The summed E-state index contributed by atoms with van der Waals surface area (Å²) in [4.78, 5) is 14.7. The highest BCUT2D eigenvalue weighted by atomic mass is 32.2. The Morgan fingerprint density at radius 3 is 2.60 bits per heavy atom. The van der Waals surface area contributed by atoms with Gasteiger partial charge in [0, 0.05) is 11.4 Å². The van der Waals surface area contributed by atoms with Crippen LogP contribution in [0.15, 0.2) is 76.2 Å². The number of hydrogen-bond donors (Lipinski definition) is 0. The van der Waals surface area contributed by atoms with Crippen LogP contribution in [0.2, 0.25) is 0 Å². The number of fused-ring (bicyclic) bond motifs is 1. The monoisotopic (exact) mass is 281 g/mol. The molecule has 0 unspecified atom stereocenters. The molecule has 2 aliphatic rings. The topological polar surface area (TPSA) is 20.3 Å². The second-order valence-corrected chi connectivity index (χ2v) is 5.62. The number of anilines is 1. The Morgan fingerprint density at radius 2 is 1.85 bits per heavy atom. The third-order valence-corrected chi connectivity index (χ3v) is 4.38. The van der Waals surface area contributed by atoms with Gasteiger partial charge in [-0.15, -0.1) is 0 Å². The molecule has 0 N–H and O–H groups in total. The van der Waals surface area contributed by atoms with E-state index in [4.69, 9.17) is 0 Å². The molecular formula is C17H15NOS. The van der Waals surface area contributed by atoms with Crippen molar-refractivity contribution in [1.82, 2.24) is 0 Å². The predicted molar refractivity (Wildman–Crippen MR) is 84.8 cm³/mol. The van der Waals surface area contributed by atoms with Crippen LogP contribution in [0.25, 0.3) is 0 Å². The van der Waals surface area contributed by atoms with E-state index in [0.29, 0.717) is 0 Å². The highest BCUT2D eigenvalue weighted by Gasteiger charge is 2.22. The minimum Gasteiger partial charge on any atom is -0.335 e. The number of thioether (sulfide) groups is 1. The lowest BCUT2D eigenvalue weighted by Crippen LogP contribution is -2.16. The van der Waals surface area contributed by atoms with Crippen molar-refractivity contribution in [3.05, 3.63) is 71.3 Å². The molecule has 3 rings (SSSR count). The van der Waals surface area contributed by atoms with Gasteiger partial charge in [0.15, 0.2) is 5.78 Å². The summed E-state index contributed by atoms with van der Waals surface area (Å²) in [6.45, 7) is 3.10. The van der Waals surface area contributed by atoms with Gasteiger partial charge in [0.1, 0.15) is 0 Å². The summed E-state index contributed by atoms with van der Waals surface area (Å²) in [5.74, 6) is 0.0487. The van der Waals surface area contributed by atoms with Crippen molar-refractivity contribution in [3.63, 3.8) is 0 Å². The van der Waals surface area contributed by atoms with Crippen LogP contribution in [-0.4, -0.2) is 12.3 Å². The molecular weight excluding hydrogens is 266 g/mol. The second-order valence-electron chi connectivity index (χ2n) is 4.55. The van der Waals surface area contributed by atoms with E-state index < -0.39 is 0 Å². The van der Waals surface area contributed by atoms with Crippen LogP contribution in [0, 0.1) is 0 Å². The molecule has 0 amide bonds. The second kappa shape index (κ2) is 5.55. The zero-order chi connectivity index (χ0) is 13.9. The molecule has 1 heterocycles. The Bertz CT molecular complexity index is 649. The molecule has 2 nitrogen and oxygen atoms in total. The average molecular weight is 281 g/mol. The van der Waals surface area contributed by atoms with Crippen molar-refractivity contribution in [2.45, 2.75) is 11.8 Å². The third-order valence-electron chi connectivity index (χ3n) is 3.25. The van der Waals surface area contributed by atoms with Crippen molar-refractivity contribution in [2.75, 3.05) is 11.4 Å². The first-order valence-corrected chi connectivity index (χ1v) is 7.46. The molecule has 0 fully saturated rings. The minimum absolute atomic E-state index is 0.0487. The van der Waals surface area contributed by atoms with Gasteiger partial charge in [0.25, 0.3) is 0 Å². The smallest absolute Gasteiger partial charge is 0.178 e. The predicted octanol–water partition coefficient (Wildman–Crippen LogP) is 4.08. The molecule has 1 aliphatic heterocycles. The van der Waals surface area contributed by atoms with E-state index in [1.807, 2.05) is 12.2 Å². The zero-order valence-electron chi connectivity index (χ0n) is 11.2. The quantitative estimate of drug-likeness (QED) is 0.814. The molecule has 0 saturated carbocycles. The lowest BCUT2D eigenvalue weighted by atomic mass is 10.1. The first kappa shape index (κ1) is 13.0. The molecule has 3 heteroatoms. The van der Waals surface area contributed by atoms with Crippen molar-refractivity contribution >= 4 is 23.2 Å². The first-order chi connectivity index (χ1) is 9.78. The third kappa shape index (κ3) is 2.49. The number of nitrogens with zero attached hydrogens (tertiary/aromatic N) is 1. The van der Waals surface area contributed by atoms with Crippen LogP contribution in [0.5, 0.6) is 0 Å². The standard InChI is InChI=1S/C17H15NOS/c1-2-18-15-5-3-4-6-16(15)20-17(18)12-9-13-7-10-14(19)11-8-13/h3-12H,2H2,1H3/b17-12+. The summed E-state index contributed by atoms with van der Waals surface area (Å²) in [6.07, 6.45) is 11.1. The fourth-order valence-electron chi connectivity index (χ4n) is 2.25. The van der Waals surface area contributed by atoms with Gasteiger partial charge in [-0.1, -0.05) is 42.1 Å². The van der Waals surface area contributed by atoms with Gasteiger partial charge >= 0.3 is 0 Å². The van der Waals surface area contributed by atoms with Gasteiger partial charge in [-0.3, -0.25) is 4.79 Å². The maximum absolute atomic E-state index is 11.1. The number of carbonyl (C=O) groups is 1. The van der Waals surface area contributed by atoms with Crippen LogP contribution in [-0.2, 0) is 4.79 Å². The molecule has 0 aromatic heterocycles. The highest BCUT2D eigenvalue weighted by molar-refractivity contribution is 8.03. The average Bonchev–Trinajstić information content (AvgIpc) is 2.84. The van der Waals surface area contributed by atoms with Crippen LogP contribution < -0.4 is 4.90 Å². The van der Waals surface area contributed by atoms with Crippen LogP contribution in [0.1, 0.15) is 6.92 Å². The Balaban J connectivity index is 1.87. The number of rotatable bonds is 2. The van der Waals surface area contributed by atoms with Crippen molar-refractivity contribution in [1.29, 1.82) is 0 Å². The summed E-state index contributed by atoms with van der Waals surface area (Å²) in [5.41, 5.74) is 2.32. The maximum Gasteiger partial charge on any atom is 0.178 e. The largest absolute Gasteiger partial charge is 0.335 e. The maximum atomic E-state index is 11.1. The summed E-state index contributed by atoms with van der Waals surface area (Å²) in [5, 5.41) is 1.22. The molecule has 0 bridgehead atoms. The molecule has 1 aromatic rings. The molecule has 100 valence electrons. The Morgan fingerprint density at radius 1 is 1.10 bits per heavy atom. The first-order valence-electron chi connectivity index (χ1n) is 6.64. The van der Waals surface area contributed by atoms with Gasteiger partial charge in [-0.25, -0.2) is 0 Å². The Kier molecular flexibility index (Phi) is 3.61. The number of allylic oxidation sites excluding steroid dienone is 7. The Labute approximate surface area is 123 Å². The van der Waals surface area contributed by atoms with E-state index in [2.05, 4.69) is 48.2 Å². The van der Waals surface area contributed by atoms with Crippen molar-refractivity contribution in [3.8, 4) is 0 Å². The van der Waals surface area contributed by atoms with Crippen LogP contribution in [0.3, 0.4) is 0 Å². The van der Waals surface area contributed by atoms with Gasteiger partial charge in [-0.2, -0.15) is 0 Å². The number of benzene rings is 1. The lowest BCUT2D eigenvalue weighted by Gasteiger charge is -2.17. The van der Waals surface area contributed by atoms with Crippen LogP contribution in [0.4, 0.5) is 5.69 Å². The summed E-state index contributed by atoms with van der Waals surface area (Å²) in [7, 11) is 0. The molecule has 20 heavy (non-hydrogen) atoms. The van der Waals surface area contributed by atoms with E-state index in [9.17, 15) is 4.79 Å². The highest BCUT2D eigenvalue weighted by Crippen LogP contribution is 2.45. The van der Waals surface area contributed by atoms with E-state index in [1.165, 1.54) is 15.6 Å². The normalized spacial score (nSPS) is 18.9. The number of para-hydroxylation sites is 1. The lowest BCUT2D eigenvalue weighted by molar-refractivity contribution is -0.110. The fraction of sp³-hybridized carbons (Fsp3) is 0.118. The molecule has 1 aliphatic carbocycles. The van der Waals surface area contributed by atoms with E-state index >= 15 is 0 Å². The van der Waals surface area contributed by atoms with E-state index in [-0.39, 0.29) is 5.78 Å². The van der Waals surface area contributed by atoms with E-state index in [1.54, 1.807) is 23.9 Å². The summed E-state index contributed by atoms with van der Waals surface area (Å²) >= 11 is 1.79. The van der Waals surface area contributed by atoms with Gasteiger partial charge in [0.05, 0.1) is 10.7 Å². The minimum atomic E-state index is 0.0487. The number of hydrogen-bond acceptors (Lipinski definition) is 3. The fourth-order valence-corrected chi connectivity index (χ4v) is 3.38.